The third-order valence-electron chi connectivity index (χ3n) is 4.17. The van der Waals surface area contributed by atoms with Crippen molar-refractivity contribution in [1.82, 2.24) is 4.90 Å². The average Bonchev–Trinajstić information content (AvgIpc) is 2.53. The summed E-state index contributed by atoms with van der Waals surface area (Å²) in [5.74, 6) is -0.259. The first-order valence-corrected chi connectivity index (χ1v) is 7.15. The lowest BCUT2D eigenvalue weighted by molar-refractivity contribution is -0.157. The Balaban J connectivity index is 2.21. The van der Waals surface area contributed by atoms with Crippen molar-refractivity contribution in [3.05, 3.63) is 0 Å². The van der Waals surface area contributed by atoms with Crippen molar-refractivity contribution >= 4 is 11.7 Å². The van der Waals surface area contributed by atoms with E-state index in [4.69, 9.17) is 20.4 Å². The molecular formula is C13H23N3O5. The van der Waals surface area contributed by atoms with Gasteiger partial charge < -0.3 is 30.4 Å². The van der Waals surface area contributed by atoms with Crippen LogP contribution >= 0.6 is 0 Å². The number of aliphatic hydroxyl groups excluding tert-OH is 1. The lowest BCUT2D eigenvalue weighted by Crippen LogP contribution is -2.59. The number of amidine groups is 1. The molecule has 8 nitrogen and oxygen atoms in total. The number of nitrogens with two attached hydrogens (primary N) is 1. The van der Waals surface area contributed by atoms with Crippen LogP contribution in [-0.4, -0.2) is 72.1 Å². The number of hydrogen-bond donors (Lipinski definition) is 3. The molecule has 2 aliphatic rings. The molecule has 1 amide bonds. The second kappa shape index (κ2) is 6.59. The van der Waals surface area contributed by atoms with E-state index in [2.05, 4.69) is 5.16 Å². The van der Waals surface area contributed by atoms with Crippen LogP contribution in [0.15, 0.2) is 5.16 Å². The number of ether oxygens (including phenoxy) is 2. The van der Waals surface area contributed by atoms with E-state index in [1.807, 2.05) is 6.92 Å². The van der Waals surface area contributed by atoms with Gasteiger partial charge >= 0.3 is 0 Å². The summed E-state index contributed by atoms with van der Waals surface area (Å²) in [5.41, 5.74) is 4.78. The van der Waals surface area contributed by atoms with Gasteiger partial charge in [0.05, 0.1) is 18.8 Å². The fourth-order valence-electron chi connectivity index (χ4n) is 3.01. The van der Waals surface area contributed by atoms with Gasteiger partial charge in [0.25, 0.3) is 0 Å². The van der Waals surface area contributed by atoms with E-state index < -0.39 is 11.5 Å². The summed E-state index contributed by atoms with van der Waals surface area (Å²) < 4.78 is 10.8. The standard InChI is InChI=1S/C13H23N3O5/c1-9-6-16(7-10(8-17)21-9)12(18)13(11(14)15-19)2-4-20-5-3-13/h9-10,17,19H,2-8H2,1H3,(H2,14,15). The van der Waals surface area contributed by atoms with Gasteiger partial charge in [-0.3, -0.25) is 4.79 Å². The molecule has 2 atom stereocenters. The van der Waals surface area contributed by atoms with Crippen molar-refractivity contribution in [1.29, 1.82) is 0 Å². The van der Waals surface area contributed by atoms with E-state index in [1.165, 1.54) is 0 Å². The molecule has 0 aromatic carbocycles. The molecule has 2 saturated heterocycles. The van der Waals surface area contributed by atoms with E-state index >= 15 is 0 Å². The Labute approximate surface area is 123 Å². The largest absolute Gasteiger partial charge is 0.409 e. The second-order valence-corrected chi connectivity index (χ2v) is 5.64. The van der Waals surface area contributed by atoms with Crippen LogP contribution in [0.25, 0.3) is 0 Å². The molecule has 2 heterocycles. The van der Waals surface area contributed by atoms with Gasteiger partial charge in [0.15, 0.2) is 5.84 Å². The first-order valence-electron chi connectivity index (χ1n) is 7.15. The first-order chi connectivity index (χ1) is 10.0. The average molecular weight is 301 g/mol. The van der Waals surface area contributed by atoms with Gasteiger partial charge in [0.1, 0.15) is 5.41 Å². The predicted octanol–water partition coefficient (Wildman–Crippen LogP) is -0.862. The Bertz CT molecular complexity index is 409. The minimum Gasteiger partial charge on any atom is -0.409 e. The number of morpholine rings is 1. The highest BCUT2D eigenvalue weighted by Crippen LogP contribution is 2.34. The summed E-state index contributed by atoms with van der Waals surface area (Å²) >= 11 is 0. The number of oxime groups is 1. The van der Waals surface area contributed by atoms with Crippen molar-refractivity contribution in [2.45, 2.75) is 32.0 Å². The summed E-state index contributed by atoms with van der Waals surface area (Å²) in [6.45, 7) is 3.23. The summed E-state index contributed by atoms with van der Waals surface area (Å²) in [7, 11) is 0. The van der Waals surface area contributed by atoms with Crippen LogP contribution in [-0.2, 0) is 14.3 Å². The second-order valence-electron chi connectivity index (χ2n) is 5.64. The van der Waals surface area contributed by atoms with E-state index in [0.29, 0.717) is 39.1 Å². The third kappa shape index (κ3) is 3.12. The maximum Gasteiger partial charge on any atom is 0.236 e. The molecule has 0 radical (unpaired) electrons. The lowest BCUT2D eigenvalue weighted by atomic mass is 9.77. The van der Waals surface area contributed by atoms with E-state index in [0.717, 1.165) is 0 Å². The molecule has 2 rings (SSSR count). The minimum absolute atomic E-state index is 0.0736. The van der Waals surface area contributed by atoms with Crippen molar-refractivity contribution in [2.75, 3.05) is 32.9 Å². The van der Waals surface area contributed by atoms with Gasteiger partial charge in [-0.05, 0) is 19.8 Å². The molecule has 0 aliphatic carbocycles. The van der Waals surface area contributed by atoms with Gasteiger partial charge in [-0.15, -0.1) is 0 Å². The molecule has 4 N–H and O–H groups in total. The summed E-state index contributed by atoms with van der Waals surface area (Å²) in [6, 6.07) is 0. The van der Waals surface area contributed by atoms with Gasteiger partial charge in [-0.1, -0.05) is 5.16 Å². The smallest absolute Gasteiger partial charge is 0.236 e. The van der Waals surface area contributed by atoms with Crippen LogP contribution in [0.2, 0.25) is 0 Å². The summed E-state index contributed by atoms with van der Waals surface area (Å²) in [4.78, 5) is 14.6. The molecular weight excluding hydrogens is 278 g/mol. The van der Waals surface area contributed by atoms with E-state index in [-0.39, 0.29) is 24.5 Å². The van der Waals surface area contributed by atoms with Crippen LogP contribution in [0.4, 0.5) is 0 Å². The van der Waals surface area contributed by atoms with Gasteiger partial charge in [0.2, 0.25) is 5.91 Å². The zero-order valence-corrected chi connectivity index (χ0v) is 12.2. The van der Waals surface area contributed by atoms with Gasteiger partial charge in [-0.25, -0.2) is 0 Å². The van der Waals surface area contributed by atoms with Crippen LogP contribution in [0.3, 0.4) is 0 Å². The zero-order chi connectivity index (χ0) is 15.5. The number of aliphatic hydroxyl groups is 1. The van der Waals surface area contributed by atoms with Crippen molar-refractivity contribution in [3.63, 3.8) is 0 Å². The quantitative estimate of drug-likeness (QED) is 0.270. The number of carbonyl (C=O) groups is 1. The highest BCUT2D eigenvalue weighted by molar-refractivity contribution is 6.06. The molecule has 8 heteroatoms. The van der Waals surface area contributed by atoms with Gasteiger partial charge in [0, 0.05) is 26.3 Å². The van der Waals surface area contributed by atoms with Crippen LogP contribution < -0.4 is 5.73 Å². The molecule has 2 aliphatic heterocycles. The fourth-order valence-corrected chi connectivity index (χ4v) is 3.01. The molecule has 0 saturated carbocycles. The number of rotatable bonds is 3. The van der Waals surface area contributed by atoms with Crippen LogP contribution in [0.1, 0.15) is 19.8 Å². The molecule has 2 fully saturated rings. The maximum atomic E-state index is 12.9. The Kier molecular flexibility index (Phi) is 5.02. The monoisotopic (exact) mass is 301 g/mol. The number of amides is 1. The molecule has 21 heavy (non-hydrogen) atoms. The molecule has 120 valence electrons. The lowest BCUT2D eigenvalue weighted by Gasteiger charge is -2.42. The Morgan fingerprint density at radius 3 is 2.67 bits per heavy atom. The topological polar surface area (TPSA) is 118 Å². The normalized spacial score (nSPS) is 30.2. The first kappa shape index (κ1) is 16.0. The highest BCUT2D eigenvalue weighted by Gasteiger charge is 2.48. The molecule has 0 spiro atoms. The highest BCUT2D eigenvalue weighted by atomic mass is 16.5. The number of carbonyl (C=O) groups excluding carboxylic acids is 1. The summed E-state index contributed by atoms with van der Waals surface area (Å²) in [6.07, 6.45) is 0.208. The summed E-state index contributed by atoms with van der Waals surface area (Å²) in [5, 5.41) is 21.4. The SMILES string of the molecule is CC1CN(C(=O)C2(C(N)=NO)CCOCC2)CC(CO)O1. The maximum absolute atomic E-state index is 12.9. The van der Waals surface area contributed by atoms with Crippen molar-refractivity contribution in [2.24, 2.45) is 16.3 Å². The van der Waals surface area contributed by atoms with E-state index in [9.17, 15) is 9.90 Å². The molecule has 0 aromatic heterocycles. The Morgan fingerprint density at radius 2 is 2.10 bits per heavy atom. The predicted molar refractivity (Wildman–Crippen MR) is 73.9 cm³/mol. The zero-order valence-electron chi connectivity index (χ0n) is 12.2. The Morgan fingerprint density at radius 1 is 1.43 bits per heavy atom. The van der Waals surface area contributed by atoms with E-state index in [1.54, 1.807) is 4.90 Å². The number of nitrogens with zero attached hydrogens (tertiary/aromatic N) is 2. The molecule has 0 bridgehead atoms. The van der Waals surface area contributed by atoms with Gasteiger partial charge in [-0.2, -0.15) is 0 Å². The molecule has 0 aromatic rings. The number of hydrogen-bond acceptors (Lipinski definition) is 6. The minimum atomic E-state index is -1.02. The Hall–Kier alpha value is -1.38. The molecule has 2 unspecified atom stereocenters. The fraction of sp³-hybridized carbons (Fsp3) is 0.846. The van der Waals surface area contributed by atoms with Crippen molar-refractivity contribution < 1.29 is 24.6 Å². The third-order valence-corrected chi connectivity index (χ3v) is 4.17. The van der Waals surface area contributed by atoms with Crippen LogP contribution in [0, 0.1) is 5.41 Å². The van der Waals surface area contributed by atoms with Crippen molar-refractivity contribution in [3.8, 4) is 0 Å². The van der Waals surface area contributed by atoms with Crippen LogP contribution in [0.5, 0.6) is 0 Å².